The Morgan fingerprint density at radius 2 is 1.84 bits per heavy atom. The molecule has 2 aromatic carbocycles. The minimum atomic E-state index is -3.98. The SMILES string of the molecule is CCc1cc(-c2c(F)cccc2CCC(=O)O)ccc1S(=O)(=O)N(C)CC(O)CNC(C)(C)CCCc1ccc(F)nc1. The normalized spacial score (nSPS) is 12.9. The van der Waals surface area contributed by atoms with Gasteiger partial charge in [0.25, 0.3) is 0 Å². The molecule has 43 heavy (non-hydrogen) atoms. The number of aromatic nitrogens is 1. The molecule has 0 saturated carbocycles. The highest BCUT2D eigenvalue weighted by Gasteiger charge is 2.27. The standard InChI is InChI=1S/C32H41F2N3O5S/c1-5-23-18-25(31-24(13-16-30(39)40)9-6-10-27(31)33)12-14-28(23)43(41,42)37(4)21-26(38)20-36-32(2,3)17-7-8-22-11-15-29(34)35-19-22/h6,9-12,14-15,18-19,26,36,38H,5,7-8,13,16-17,20-21H2,1-4H3,(H,39,40). The third kappa shape index (κ3) is 9.62. The maximum absolute atomic E-state index is 14.9. The van der Waals surface area contributed by atoms with Crippen molar-refractivity contribution in [2.24, 2.45) is 0 Å². The molecule has 3 aromatic rings. The Bertz CT molecular complexity index is 1500. The van der Waals surface area contributed by atoms with Gasteiger partial charge in [0.05, 0.1) is 11.0 Å². The first kappa shape index (κ1) is 34.2. The predicted molar refractivity (Wildman–Crippen MR) is 162 cm³/mol. The average molecular weight is 618 g/mol. The molecule has 234 valence electrons. The van der Waals surface area contributed by atoms with Gasteiger partial charge >= 0.3 is 5.97 Å². The molecule has 1 unspecified atom stereocenters. The molecule has 0 aliphatic rings. The molecule has 1 aromatic heterocycles. The molecule has 3 rings (SSSR count). The van der Waals surface area contributed by atoms with Gasteiger partial charge in [0.15, 0.2) is 0 Å². The number of carboxylic acids is 1. The number of aliphatic carboxylic acids is 1. The summed E-state index contributed by atoms with van der Waals surface area (Å²) in [6.07, 6.45) is 3.23. The van der Waals surface area contributed by atoms with Crippen LogP contribution in [0.3, 0.4) is 0 Å². The Morgan fingerprint density at radius 1 is 1.09 bits per heavy atom. The van der Waals surface area contributed by atoms with Gasteiger partial charge in [-0.3, -0.25) is 4.79 Å². The summed E-state index contributed by atoms with van der Waals surface area (Å²) in [5, 5.41) is 23.1. The van der Waals surface area contributed by atoms with Crippen molar-refractivity contribution in [1.29, 1.82) is 0 Å². The van der Waals surface area contributed by atoms with E-state index in [-0.39, 0.29) is 41.9 Å². The van der Waals surface area contributed by atoms with Crippen LogP contribution in [0.2, 0.25) is 0 Å². The number of sulfonamides is 1. The number of rotatable bonds is 16. The minimum Gasteiger partial charge on any atom is -0.481 e. The van der Waals surface area contributed by atoms with Crippen LogP contribution in [-0.4, -0.2) is 65.7 Å². The number of aryl methyl sites for hydroxylation is 3. The first-order valence-electron chi connectivity index (χ1n) is 14.4. The second kappa shape index (κ2) is 15.0. The van der Waals surface area contributed by atoms with Gasteiger partial charge in [-0.15, -0.1) is 0 Å². The quantitative estimate of drug-likeness (QED) is 0.194. The Kier molecular flexibility index (Phi) is 11.9. The number of nitrogens with zero attached hydrogens (tertiary/aromatic N) is 2. The van der Waals surface area contributed by atoms with E-state index in [1.807, 2.05) is 13.8 Å². The van der Waals surface area contributed by atoms with Gasteiger partial charge in [0.1, 0.15) is 5.82 Å². The summed E-state index contributed by atoms with van der Waals surface area (Å²) in [7, 11) is -2.57. The van der Waals surface area contributed by atoms with Crippen molar-refractivity contribution < 1.29 is 32.2 Å². The molecule has 0 amide bonds. The van der Waals surface area contributed by atoms with E-state index < -0.39 is 33.9 Å². The summed E-state index contributed by atoms with van der Waals surface area (Å²) < 4.78 is 56.1. The van der Waals surface area contributed by atoms with E-state index in [0.29, 0.717) is 23.1 Å². The Hall–Kier alpha value is -3.25. The Labute approximate surface area is 252 Å². The topological polar surface area (TPSA) is 120 Å². The lowest BCUT2D eigenvalue weighted by Crippen LogP contribution is -2.46. The number of hydrogen-bond acceptors (Lipinski definition) is 6. The number of benzene rings is 2. The maximum atomic E-state index is 14.9. The van der Waals surface area contributed by atoms with Crippen molar-refractivity contribution in [2.45, 2.75) is 75.8 Å². The number of nitrogens with one attached hydrogen (secondary N) is 1. The monoisotopic (exact) mass is 617 g/mol. The number of carbonyl (C=O) groups is 1. The van der Waals surface area contributed by atoms with Crippen LogP contribution in [0.4, 0.5) is 8.78 Å². The van der Waals surface area contributed by atoms with E-state index in [2.05, 4.69) is 10.3 Å². The van der Waals surface area contributed by atoms with Gasteiger partial charge in [0, 0.05) is 43.9 Å². The lowest BCUT2D eigenvalue weighted by atomic mass is 9.94. The number of hydrogen-bond donors (Lipinski definition) is 3. The third-order valence-corrected chi connectivity index (χ3v) is 9.39. The number of likely N-dealkylation sites (N-methyl/N-ethyl adjacent to an activating group) is 1. The second-order valence-electron chi connectivity index (χ2n) is 11.4. The lowest BCUT2D eigenvalue weighted by molar-refractivity contribution is -0.136. The maximum Gasteiger partial charge on any atom is 0.303 e. The van der Waals surface area contributed by atoms with E-state index in [4.69, 9.17) is 5.11 Å². The zero-order chi connectivity index (χ0) is 31.8. The van der Waals surface area contributed by atoms with Crippen molar-refractivity contribution in [3.8, 4) is 11.1 Å². The van der Waals surface area contributed by atoms with Crippen molar-refractivity contribution in [1.82, 2.24) is 14.6 Å². The fourth-order valence-corrected chi connectivity index (χ4v) is 6.48. The van der Waals surface area contributed by atoms with Gasteiger partial charge in [-0.05, 0) is 92.5 Å². The summed E-state index contributed by atoms with van der Waals surface area (Å²) in [5.41, 5.74) is 2.36. The number of aliphatic hydroxyl groups excluding tert-OH is 1. The van der Waals surface area contributed by atoms with Crippen LogP contribution >= 0.6 is 0 Å². The molecule has 0 fully saturated rings. The van der Waals surface area contributed by atoms with Crippen molar-refractivity contribution in [2.75, 3.05) is 20.1 Å². The van der Waals surface area contributed by atoms with E-state index in [9.17, 15) is 27.1 Å². The second-order valence-corrected chi connectivity index (χ2v) is 13.4. The number of carboxylic acid groups (broad SMARTS) is 1. The Balaban J connectivity index is 1.65. The molecular weight excluding hydrogens is 576 g/mol. The van der Waals surface area contributed by atoms with Crippen LogP contribution in [0.15, 0.2) is 59.6 Å². The zero-order valence-corrected chi connectivity index (χ0v) is 25.9. The van der Waals surface area contributed by atoms with Crippen LogP contribution in [0.25, 0.3) is 11.1 Å². The van der Waals surface area contributed by atoms with Crippen molar-refractivity contribution in [3.63, 3.8) is 0 Å². The highest BCUT2D eigenvalue weighted by atomic mass is 32.2. The average Bonchev–Trinajstić information content (AvgIpc) is 2.95. The fourth-order valence-electron chi connectivity index (χ4n) is 5.00. The molecule has 0 radical (unpaired) electrons. The van der Waals surface area contributed by atoms with Crippen LogP contribution < -0.4 is 5.32 Å². The predicted octanol–water partition coefficient (Wildman–Crippen LogP) is 4.98. The molecule has 0 aliphatic carbocycles. The van der Waals surface area contributed by atoms with Gasteiger partial charge in [-0.25, -0.2) is 17.8 Å². The molecule has 0 spiro atoms. The van der Waals surface area contributed by atoms with Gasteiger partial charge < -0.3 is 15.5 Å². The molecular formula is C32H41F2N3O5S. The highest BCUT2D eigenvalue weighted by Crippen LogP contribution is 2.32. The first-order valence-corrected chi connectivity index (χ1v) is 15.8. The summed E-state index contributed by atoms with van der Waals surface area (Å²) in [6.45, 7) is 5.85. The number of β-amino-alcohol motifs (C(OH)–C–C–N with tert-alkyl or cyclic N) is 1. The summed E-state index contributed by atoms with van der Waals surface area (Å²) in [6, 6.07) is 12.1. The summed E-state index contributed by atoms with van der Waals surface area (Å²) in [4.78, 5) is 14.8. The molecule has 11 heteroatoms. The van der Waals surface area contributed by atoms with Crippen LogP contribution in [0, 0.1) is 11.8 Å². The van der Waals surface area contributed by atoms with Gasteiger partial charge in [-0.2, -0.15) is 8.70 Å². The van der Waals surface area contributed by atoms with E-state index in [1.54, 1.807) is 25.1 Å². The van der Waals surface area contributed by atoms with Crippen LogP contribution in [0.1, 0.15) is 56.7 Å². The van der Waals surface area contributed by atoms with Gasteiger partial charge in [-0.1, -0.05) is 31.2 Å². The summed E-state index contributed by atoms with van der Waals surface area (Å²) in [5.74, 6) is -2.01. The number of halogens is 2. The third-order valence-electron chi connectivity index (χ3n) is 7.47. The first-order chi connectivity index (χ1) is 20.2. The smallest absolute Gasteiger partial charge is 0.303 e. The fraction of sp³-hybridized carbons (Fsp3) is 0.438. The van der Waals surface area contributed by atoms with Crippen LogP contribution in [-0.2, 0) is 34.1 Å². The number of aliphatic hydroxyl groups is 1. The van der Waals surface area contributed by atoms with E-state index in [1.165, 1.54) is 43.6 Å². The molecule has 8 nitrogen and oxygen atoms in total. The zero-order valence-electron chi connectivity index (χ0n) is 25.1. The minimum absolute atomic E-state index is 0.0699. The molecule has 3 N–H and O–H groups in total. The largest absolute Gasteiger partial charge is 0.481 e. The van der Waals surface area contributed by atoms with Crippen molar-refractivity contribution >= 4 is 16.0 Å². The molecule has 0 saturated heterocycles. The van der Waals surface area contributed by atoms with E-state index >= 15 is 0 Å². The highest BCUT2D eigenvalue weighted by molar-refractivity contribution is 7.89. The van der Waals surface area contributed by atoms with Crippen molar-refractivity contribution in [3.05, 3.63) is 83.2 Å². The van der Waals surface area contributed by atoms with Gasteiger partial charge in [0.2, 0.25) is 16.0 Å². The molecule has 0 bridgehead atoms. The summed E-state index contributed by atoms with van der Waals surface area (Å²) >= 11 is 0. The van der Waals surface area contributed by atoms with Crippen LogP contribution in [0.5, 0.6) is 0 Å². The number of pyridine rings is 1. The molecule has 0 aliphatic heterocycles. The molecule has 1 atom stereocenters. The van der Waals surface area contributed by atoms with E-state index in [0.717, 1.165) is 29.1 Å². The lowest BCUT2D eigenvalue weighted by Gasteiger charge is -2.29. The molecule has 1 heterocycles. The Morgan fingerprint density at radius 3 is 2.49 bits per heavy atom.